The predicted octanol–water partition coefficient (Wildman–Crippen LogP) is 3.89. The third-order valence-electron chi connectivity index (χ3n) is 3.47. The molecule has 24 heavy (non-hydrogen) atoms. The number of ether oxygens (including phenoxy) is 1. The fourth-order valence-electron chi connectivity index (χ4n) is 2.24. The molecule has 2 aromatic heterocycles. The topological polar surface area (TPSA) is 51.2 Å². The largest absolute Gasteiger partial charge is 0.494 e. The maximum atomic E-state index is 13.7. The van der Waals surface area contributed by atoms with Gasteiger partial charge in [0.2, 0.25) is 0 Å². The Labute approximate surface area is 142 Å². The molecule has 4 nitrogen and oxygen atoms in total. The first-order valence-corrected chi connectivity index (χ1v) is 8.16. The van der Waals surface area contributed by atoms with E-state index < -0.39 is 5.82 Å². The van der Waals surface area contributed by atoms with Crippen molar-refractivity contribution in [3.05, 3.63) is 71.0 Å². The minimum absolute atomic E-state index is 0.112. The molecule has 0 fully saturated rings. The van der Waals surface area contributed by atoms with Gasteiger partial charge in [-0.3, -0.25) is 9.78 Å². The predicted molar refractivity (Wildman–Crippen MR) is 91.7 cm³/mol. The SMILES string of the molecule is COc1ccc(C(=O)NCc2ccnc(-c3cccs3)c2)cc1F. The van der Waals surface area contributed by atoms with E-state index >= 15 is 0 Å². The smallest absolute Gasteiger partial charge is 0.251 e. The molecule has 2 heterocycles. The highest BCUT2D eigenvalue weighted by Crippen LogP contribution is 2.23. The van der Waals surface area contributed by atoms with Crippen molar-refractivity contribution in [1.82, 2.24) is 10.3 Å². The Kier molecular flexibility index (Phi) is 4.86. The molecule has 0 radical (unpaired) electrons. The van der Waals surface area contributed by atoms with E-state index in [1.54, 1.807) is 17.5 Å². The molecule has 0 aliphatic rings. The number of pyridine rings is 1. The van der Waals surface area contributed by atoms with Crippen LogP contribution in [0.5, 0.6) is 5.75 Å². The van der Waals surface area contributed by atoms with Gasteiger partial charge in [0, 0.05) is 18.3 Å². The summed E-state index contributed by atoms with van der Waals surface area (Å²) in [4.78, 5) is 17.6. The fourth-order valence-corrected chi connectivity index (χ4v) is 2.93. The maximum Gasteiger partial charge on any atom is 0.251 e. The van der Waals surface area contributed by atoms with Crippen molar-refractivity contribution < 1.29 is 13.9 Å². The van der Waals surface area contributed by atoms with Gasteiger partial charge in [0.25, 0.3) is 5.91 Å². The molecule has 122 valence electrons. The van der Waals surface area contributed by atoms with Crippen molar-refractivity contribution in [3.8, 4) is 16.3 Å². The number of methoxy groups -OCH3 is 1. The number of carbonyl (C=O) groups excluding carboxylic acids is 1. The van der Waals surface area contributed by atoms with Gasteiger partial charge in [-0.05, 0) is 47.3 Å². The Morgan fingerprint density at radius 2 is 2.17 bits per heavy atom. The molecule has 6 heteroatoms. The van der Waals surface area contributed by atoms with E-state index in [-0.39, 0.29) is 17.2 Å². The van der Waals surface area contributed by atoms with Crippen LogP contribution in [0.2, 0.25) is 0 Å². The molecule has 1 aromatic carbocycles. The summed E-state index contributed by atoms with van der Waals surface area (Å²) in [5.74, 6) is -0.790. The Morgan fingerprint density at radius 3 is 2.88 bits per heavy atom. The number of amides is 1. The molecule has 3 aromatic rings. The lowest BCUT2D eigenvalue weighted by atomic mass is 10.1. The van der Waals surface area contributed by atoms with Crippen molar-refractivity contribution >= 4 is 17.2 Å². The Hall–Kier alpha value is -2.73. The number of carbonyl (C=O) groups is 1. The van der Waals surface area contributed by atoms with Gasteiger partial charge in [0.05, 0.1) is 17.7 Å². The molecule has 0 bridgehead atoms. The number of hydrogen-bond donors (Lipinski definition) is 1. The molecule has 0 unspecified atom stereocenters. The summed E-state index contributed by atoms with van der Waals surface area (Å²) < 4.78 is 18.5. The second-order valence-corrected chi connectivity index (χ2v) is 6.01. The molecule has 0 saturated heterocycles. The van der Waals surface area contributed by atoms with Crippen LogP contribution in [-0.2, 0) is 6.54 Å². The van der Waals surface area contributed by atoms with Gasteiger partial charge < -0.3 is 10.1 Å². The van der Waals surface area contributed by atoms with E-state index in [2.05, 4.69) is 10.3 Å². The van der Waals surface area contributed by atoms with E-state index in [4.69, 9.17) is 4.74 Å². The molecule has 0 aliphatic carbocycles. The highest BCUT2D eigenvalue weighted by Gasteiger charge is 2.10. The minimum Gasteiger partial charge on any atom is -0.494 e. The van der Waals surface area contributed by atoms with Gasteiger partial charge in [0.1, 0.15) is 0 Å². The van der Waals surface area contributed by atoms with Crippen LogP contribution in [0, 0.1) is 5.82 Å². The summed E-state index contributed by atoms with van der Waals surface area (Å²) in [5, 5.41) is 4.77. The third kappa shape index (κ3) is 3.60. The zero-order valence-corrected chi connectivity index (χ0v) is 13.8. The first kappa shape index (κ1) is 16.1. The first-order valence-electron chi connectivity index (χ1n) is 7.28. The highest BCUT2D eigenvalue weighted by atomic mass is 32.1. The lowest BCUT2D eigenvalue weighted by Crippen LogP contribution is -2.23. The van der Waals surface area contributed by atoms with Gasteiger partial charge in [-0.15, -0.1) is 11.3 Å². The third-order valence-corrected chi connectivity index (χ3v) is 4.36. The molecular formula is C18H15FN2O2S. The lowest BCUT2D eigenvalue weighted by Gasteiger charge is -2.08. The number of benzene rings is 1. The molecule has 0 spiro atoms. The van der Waals surface area contributed by atoms with Gasteiger partial charge >= 0.3 is 0 Å². The standard InChI is InChI=1S/C18H15FN2O2S/c1-23-16-5-4-13(10-14(16)19)18(22)21-11-12-6-7-20-15(9-12)17-3-2-8-24-17/h2-10H,11H2,1H3,(H,21,22). The van der Waals surface area contributed by atoms with Gasteiger partial charge in [-0.25, -0.2) is 4.39 Å². The van der Waals surface area contributed by atoms with Gasteiger partial charge in [-0.2, -0.15) is 0 Å². The summed E-state index contributed by atoms with van der Waals surface area (Å²) in [6.07, 6.45) is 1.71. The Bertz CT molecular complexity index is 850. The van der Waals surface area contributed by atoms with Crippen molar-refractivity contribution in [2.45, 2.75) is 6.54 Å². The zero-order valence-electron chi connectivity index (χ0n) is 13.0. The van der Waals surface area contributed by atoms with Crippen molar-refractivity contribution in [1.29, 1.82) is 0 Å². The van der Waals surface area contributed by atoms with E-state index in [9.17, 15) is 9.18 Å². The second-order valence-electron chi connectivity index (χ2n) is 5.06. The average Bonchev–Trinajstić information content (AvgIpc) is 3.14. The zero-order chi connectivity index (χ0) is 16.9. The van der Waals surface area contributed by atoms with Crippen LogP contribution in [0.25, 0.3) is 10.6 Å². The summed E-state index contributed by atoms with van der Waals surface area (Å²) >= 11 is 1.61. The van der Waals surface area contributed by atoms with E-state index in [0.717, 1.165) is 22.2 Å². The summed E-state index contributed by atoms with van der Waals surface area (Å²) in [6, 6.07) is 11.9. The van der Waals surface area contributed by atoms with Crippen LogP contribution in [-0.4, -0.2) is 18.0 Å². The number of halogens is 1. The van der Waals surface area contributed by atoms with Crippen LogP contribution in [0.15, 0.2) is 54.0 Å². The molecule has 1 N–H and O–H groups in total. The fraction of sp³-hybridized carbons (Fsp3) is 0.111. The number of nitrogens with one attached hydrogen (secondary N) is 1. The minimum atomic E-state index is -0.561. The molecule has 0 aliphatic heterocycles. The quantitative estimate of drug-likeness (QED) is 0.765. The highest BCUT2D eigenvalue weighted by molar-refractivity contribution is 7.13. The number of hydrogen-bond acceptors (Lipinski definition) is 4. The Balaban J connectivity index is 1.68. The van der Waals surface area contributed by atoms with Gasteiger partial charge in [-0.1, -0.05) is 6.07 Å². The molecule has 0 saturated carbocycles. The van der Waals surface area contributed by atoms with Crippen LogP contribution < -0.4 is 10.1 Å². The average molecular weight is 342 g/mol. The number of thiophene rings is 1. The molecular weight excluding hydrogens is 327 g/mol. The summed E-state index contributed by atoms with van der Waals surface area (Å²) in [6.45, 7) is 0.341. The monoisotopic (exact) mass is 342 g/mol. The van der Waals surface area contributed by atoms with Crippen molar-refractivity contribution in [3.63, 3.8) is 0 Å². The van der Waals surface area contributed by atoms with Crippen LogP contribution in [0.1, 0.15) is 15.9 Å². The molecule has 3 rings (SSSR count). The maximum absolute atomic E-state index is 13.7. The summed E-state index contributed by atoms with van der Waals surface area (Å²) in [5.41, 5.74) is 2.05. The summed E-state index contributed by atoms with van der Waals surface area (Å²) in [7, 11) is 1.38. The van der Waals surface area contributed by atoms with E-state index in [0.29, 0.717) is 6.54 Å². The van der Waals surface area contributed by atoms with Crippen molar-refractivity contribution in [2.24, 2.45) is 0 Å². The van der Waals surface area contributed by atoms with Crippen LogP contribution in [0.4, 0.5) is 4.39 Å². The second kappa shape index (κ2) is 7.23. The lowest BCUT2D eigenvalue weighted by molar-refractivity contribution is 0.0950. The van der Waals surface area contributed by atoms with Gasteiger partial charge in [0.15, 0.2) is 11.6 Å². The van der Waals surface area contributed by atoms with Crippen LogP contribution in [0.3, 0.4) is 0 Å². The molecule has 1 amide bonds. The normalized spacial score (nSPS) is 10.4. The Morgan fingerprint density at radius 1 is 1.29 bits per heavy atom. The molecule has 0 atom stereocenters. The van der Waals surface area contributed by atoms with E-state index in [1.165, 1.54) is 19.2 Å². The van der Waals surface area contributed by atoms with Crippen molar-refractivity contribution in [2.75, 3.05) is 7.11 Å². The number of aromatic nitrogens is 1. The van der Waals surface area contributed by atoms with E-state index in [1.807, 2.05) is 29.6 Å². The number of nitrogens with zero attached hydrogens (tertiary/aromatic N) is 1. The number of rotatable bonds is 5. The van der Waals surface area contributed by atoms with Crippen LogP contribution >= 0.6 is 11.3 Å². The first-order chi connectivity index (χ1) is 11.7.